The van der Waals surface area contributed by atoms with E-state index in [-0.39, 0.29) is 0 Å². The summed E-state index contributed by atoms with van der Waals surface area (Å²) in [5, 5.41) is 10.1. The van der Waals surface area contributed by atoms with Crippen molar-refractivity contribution in [1.82, 2.24) is 13.7 Å². The van der Waals surface area contributed by atoms with Gasteiger partial charge in [-0.05, 0) is 112 Å². The molecule has 0 amide bonds. The maximum atomic E-state index is 2.43. The highest BCUT2D eigenvalue weighted by molar-refractivity contribution is 6.13. The Balaban J connectivity index is 0.919. The highest BCUT2D eigenvalue weighted by Gasteiger charge is 2.18. The fourth-order valence-electron chi connectivity index (χ4n) is 10.1. The summed E-state index contributed by atoms with van der Waals surface area (Å²) in [6.07, 6.45) is 0. The van der Waals surface area contributed by atoms with Crippen molar-refractivity contribution in [3.05, 3.63) is 224 Å². The molecule has 284 valence electrons. The molecule has 0 unspecified atom stereocenters. The minimum atomic E-state index is 1.14. The van der Waals surface area contributed by atoms with E-state index in [9.17, 15) is 0 Å². The Labute approximate surface area is 352 Å². The third kappa shape index (κ3) is 5.11. The number of fused-ring (bicyclic) bond motifs is 10. The van der Waals surface area contributed by atoms with Crippen LogP contribution in [0.5, 0.6) is 0 Å². The van der Waals surface area contributed by atoms with Gasteiger partial charge in [-0.3, -0.25) is 0 Å². The smallest absolute Gasteiger partial charge is 0.0547 e. The van der Waals surface area contributed by atoms with Gasteiger partial charge in [-0.1, -0.05) is 146 Å². The maximum Gasteiger partial charge on any atom is 0.0547 e. The minimum absolute atomic E-state index is 1.14. The van der Waals surface area contributed by atoms with Crippen LogP contribution in [-0.2, 0) is 0 Å². The number of hydrogen-bond acceptors (Lipinski definition) is 0. The molecule has 0 saturated carbocycles. The summed E-state index contributed by atoms with van der Waals surface area (Å²) in [6.45, 7) is 0. The standard InChI is InChI=1S/C58H37N3/c1-2-14-45-38(12-1)13-11-19-46(45)39-24-28-42(29-25-39)61-55-22-9-5-17-49(55)51-34-26-41(37-58(51)61)40-27-35-57-52(36-40)50-18-6-10-23-56(50)60(57)44-32-30-43(31-33-44)59-53-20-7-3-15-47(53)48-16-4-8-21-54(48)59/h1-37H. The van der Waals surface area contributed by atoms with Crippen molar-refractivity contribution in [2.75, 3.05) is 0 Å². The molecular weight excluding hydrogens is 739 g/mol. The molecule has 0 saturated heterocycles. The molecule has 0 atom stereocenters. The molecule has 0 aliphatic rings. The van der Waals surface area contributed by atoms with E-state index in [0.717, 1.165) is 17.1 Å². The van der Waals surface area contributed by atoms with Crippen LogP contribution in [0.2, 0.25) is 0 Å². The molecule has 10 aromatic carbocycles. The molecule has 0 aliphatic heterocycles. The van der Waals surface area contributed by atoms with Crippen molar-refractivity contribution < 1.29 is 0 Å². The molecule has 13 rings (SSSR count). The third-order valence-corrected chi connectivity index (χ3v) is 12.9. The van der Waals surface area contributed by atoms with Crippen LogP contribution in [0.25, 0.3) is 116 Å². The first-order valence-corrected chi connectivity index (χ1v) is 21.0. The van der Waals surface area contributed by atoms with Crippen LogP contribution in [0.1, 0.15) is 0 Å². The fourth-order valence-corrected chi connectivity index (χ4v) is 10.1. The number of hydrogen-bond donors (Lipinski definition) is 0. The van der Waals surface area contributed by atoms with Gasteiger partial charge in [0.25, 0.3) is 0 Å². The lowest BCUT2D eigenvalue weighted by molar-refractivity contribution is 1.14. The Morgan fingerprint density at radius 2 is 0.590 bits per heavy atom. The summed E-state index contributed by atoms with van der Waals surface area (Å²) in [5.41, 5.74) is 15.5. The molecule has 3 heterocycles. The summed E-state index contributed by atoms with van der Waals surface area (Å²) >= 11 is 0. The normalized spacial score (nSPS) is 11.9. The van der Waals surface area contributed by atoms with Crippen molar-refractivity contribution in [2.24, 2.45) is 0 Å². The number of aromatic nitrogens is 3. The van der Waals surface area contributed by atoms with E-state index < -0.39 is 0 Å². The zero-order chi connectivity index (χ0) is 40.0. The highest BCUT2D eigenvalue weighted by Crippen LogP contribution is 2.40. The summed E-state index contributed by atoms with van der Waals surface area (Å²) in [7, 11) is 0. The minimum Gasteiger partial charge on any atom is -0.309 e. The number of nitrogens with zero attached hydrogens (tertiary/aromatic N) is 3. The maximum absolute atomic E-state index is 2.43. The highest BCUT2D eigenvalue weighted by atomic mass is 15.0. The van der Waals surface area contributed by atoms with Crippen molar-refractivity contribution in [2.45, 2.75) is 0 Å². The summed E-state index contributed by atoms with van der Waals surface area (Å²) in [4.78, 5) is 0. The lowest BCUT2D eigenvalue weighted by Gasteiger charge is -2.12. The van der Waals surface area contributed by atoms with E-state index in [1.54, 1.807) is 0 Å². The van der Waals surface area contributed by atoms with Gasteiger partial charge in [-0.25, -0.2) is 0 Å². The zero-order valence-electron chi connectivity index (χ0n) is 33.2. The van der Waals surface area contributed by atoms with Crippen molar-refractivity contribution in [1.29, 1.82) is 0 Å². The molecule has 0 N–H and O–H groups in total. The van der Waals surface area contributed by atoms with Gasteiger partial charge in [0.15, 0.2) is 0 Å². The van der Waals surface area contributed by atoms with Gasteiger partial charge >= 0.3 is 0 Å². The quantitative estimate of drug-likeness (QED) is 0.165. The van der Waals surface area contributed by atoms with Crippen LogP contribution < -0.4 is 0 Å². The van der Waals surface area contributed by atoms with E-state index in [1.165, 1.54) is 98.4 Å². The molecule has 61 heavy (non-hydrogen) atoms. The Bertz CT molecular complexity index is 3800. The Morgan fingerprint density at radius 1 is 0.213 bits per heavy atom. The predicted molar refractivity (Wildman–Crippen MR) is 258 cm³/mol. The first-order valence-electron chi connectivity index (χ1n) is 21.0. The molecule has 0 aliphatic carbocycles. The second-order valence-electron chi connectivity index (χ2n) is 16.1. The number of rotatable bonds is 5. The van der Waals surface area contributed by atoms with Crippen molar-refractivity contribution >= 4 is 76.2 Å². The molecule has 0 spiro atoms. The van der Waals surface area contributed by atoms with Crippen LogP contribution >= 0.6 is 0 Å². The molecular formula is C58H37N3. The summed E-state index contributed by atoms with van der Waals surface area (Å²) < 4.78 is 7.21. The van der Waals surface area contributed by atoms with Gasteiger partial charge in [0.2, 0.25) is 0 Å². The van der Waals surface area contributed by atoms with Crippen LogP contribution in [0, 0.1) is 0 Å². The molecule has 3 aromatic heterocycles. The average Bonchev–Trinajstić information content (AvgIpc) is 3.97. The van der Waals surface area contributed by atoms with Gasteiger partial charge in [-0.15, -0.1) is 0 Å². The molecule has 0 fully saturated rings. The Morgan fingerprint density at radius 3 is 1.16 bits per heavy atom. The lowest BCUT2D eigenvalue weighted by atomic mass is 9.98. The van der Waals surface area contributed by atoms with E-state index in [4.69, 9.17) is 0 Å². The van der Waals surface area contributed by atoms with Crippen molar-refractivity contribution in [3.8, 4) is 39.3 Å². The summed E-state index contributed by atoms with van der Waals surface area (Å²) in [6, 6.07) is 82.2. The van der Waals surface area contributed by atoms with Crippen molar-refractivity contribution in [3.63, 3.8) is 0 Å². The topological polar surface area (TPSA) is 14.8 Å². The molecule has 3 nitrogen and oxygen atoms in total. The first kappa shape index (κ1) is 33.8. The zero-order valence-corrected chi connectivity index (χ0v) is 33.2. The van der Waals surface area contributed by atoms with Gasteiger partial charge in [0, 0.05) is 49.4 Å². The molecule has 13 aromatic rings. The van der Waals surface area contributed by atoms with Crippen LogP contribution in [0.3, 0.4) is 0 Å². The predicted octanol–water partition coefficient (Wildman–Crippen LogP) is 15.5. The average molecular weight is 776 g/mol. The van der Waals surface area contributed by atoms with E-state index >= 15 is 0 Å². The fraction of sp³-hybridized carbons (Fsp3) is 0. The van der Waals surface area contributed by atoms with Gasteiger partial charge in [0.05, 0.1) is 33.1 Å². The SMILES string of the molecule is c1ccc2c(-c3ccc(-n4c5ccccc5c5ccc(-c6ccc7c(c6)c6ccccc6n7-c6ccc(-n7c8ccccc8c8ccccc87)cc6)cc54)cc3)cccc2c1. The van der Waals surface area contributed by atoms with Gasteiger partial charge < -0.3 is 13.7 Å². The third-order valence-electron chi connectivity index (χ3n) is 12.9. The second kappa shape index (κ2) is 13.2. The molecule has 3 heteroatoms. The van der Waals surface area contributed by atoms with E-state index in [0.29, 0.717) is 0 Å². The summed E-state index contributed by atoms with van der Waals surface area (Å²) in [5.74, 6) is 0. The largest absolute Gasteiger partial charge is 0.309 e. The van der Waals surface area contributed by atoms with Crippen LogP contribution in [-0.4, -0.2) is 13.7 Å². The van der Waals surface area contributed by atoms with Gasteiger partial charge in [-0.2, -0.15) is 0 Å². The number of para-hydroxylation sites is 4. The first-order chi connectivity index (χ1) is 30.3. The molecule has 0 radical (unpaired) electrons. The lowest BCUT2D eigenvalue weighted by Crippen LogP contribution is -1.97. The second-order valence-corrected chi connectivity index (χ2v) is 16.1. The number of benzene rings is 10. The Hall–Kier alpha value is -8.14. The molecule has 0 bridgehead atoms. The van der Waals surface area contributed by atoms with Gasteiger partial charge in [0.1, 0.15) is 0 Å². The van der Waals surface area contributed by atoms with E-state index in [2.05, 4.69) is 238 Å². The van der Waals surface area contributed by atoms with Crippen LogP contribution in [0.15, 0.2) is 224 Å². The monoisotopic (exact) mass is 775 g/mol. The Kier molecular flexibility index (Phi) is 7.31. The van der Waals surface area contributed by atoms with Crippen LogP contribution in [0.4, 0.5) is 0 Å². The van der Waals surface area contributed by atoms with E-state index in [1.807, 2.05) is 0 Å².